The van der Waals surface area contributed by atoms with E-state index in [4.69, 9.17) is 16.9 Å². The highest BCUT2D eigenvalue weighted by Crippen LogP contribution is 2.32. The van der Waals surface area contributed by atoms with E-state index in [0.29, 0.717) is 35.2 Å². The molecule has 0 saturated carbocycles. The second-order valence-corrected chi connectivity index (χ2v) is 5.06. The first-order valence-corrected chi connectivity index (χ1v) is 6.71. The van der Waals surface area contributed by atoms with Crippen LogP contribution in [0.3, 0.4) is 0 Å². The van der Waals surface area contributed by atoms with Gasteiger partial charge in [0.1, 0.15) is 0 Å². The number of hydrogen-bond donors (Lipinski definition) is 0. The summed E-state index contributed by atoms with van der Waals surface area (Å²) in [6, 6.07) is 7.02. The van der Waals surface area contributed by atoms with Gasteiger partial charge in [-0.1, -0.05) is 27.5 Å². The SMILES string of the molecule is N#Cc1ccc(N2CC(CBr)CC2=O)c(Cl)c1. The molecule has 1 aromatic carbocycles. The van der Waals surface area contributed by atoms with Crippen molar-refractivity contribution >= 4 is 39.1 Å². The van der Waals surface area contributed by atoms with Gasteiger partial charge in [0.2, 0.25) is 5.91 Å². The van der Waals surface area contributed by atoms with Crippen LogP contribution in [0.4, 0.5) is 5.69 Å². The lowest BCUT2D eigenvalue weighted by Crippen LogP contribution is -2.24. The summed E-state index contributed by atoms with van der Waals surface area (Å²) >= 11 is 9.48. The summed E-state index contributed by atoms with van der Waals surface area (Å²) in [6.07, 6.45) is 0.543. The van der Waals surface area contributed by atoms with Crippen molar-refractivity contribution in [2.75, 3.05) is 16.8 Å². The van der Waals surface area contributed by atoms with Gasteiger partial charge in [-0.25, -0.2) is 0 Å². The zero-order valence-electron chi connectivity index (χ0n) is 8.99. The van der Waals surface area contributed by atoms with Crippen molar-refractivity contribution in [3.8, 4) is 6.07 Å². The molecule has 0 spiro atoms. The van der Waals surface area contributed by atoms with E-state index >= 15 is 0 Å². The predicted molar refractivity (Wildman–Crippen MR) is 70.4 cm³/mol. The molecule has 1 saturated heterocycles. The number of carbonyl (C=O) groups is 1. The van der Waals surface area contributed by atoms with E-state index in [1.807, 2.05) is 6.07 Å². The summed E-state index contributed by atoms with van der Waals surface area (Å²) in [5, 5.41) is 10.0. The Morgan fingerprint density at radius 2 is 2.35 bits per heavy atom. The molecule has 1 aliphatic heterocycles. The first-order chi connectivity index (χ1) is 8.15. The van der Waals surface area contributed by atoms with Crippen LogP contribution in [0.1, 0.15) is 12.0 Å². The average molecular weight is 314 g/mol. The van der Waals surface area contributed by atoms with Crippen molar-refractivity contribution in [1.82, 2.24) is 0 Å². The molecular formula is C12H10BrClN2O. The molecular weight excluding hydrogens is 304 g/mol. The van der Waals surface area contributed by atoms with Gasteiger partial charge < -0.3 is 4.90 Å². The Morgan fingerprint density at radius 3 is 2.88 bits per heavy atom. The molecule has 1 heterocycles. The fourth-order valence-electron chi connectivity index (χ4n) is 1.91. The van der Waals surface area contributed by atoms with Crippen LogP contribution in [-0.2, 0) is 4.79 Å². The minimum absolute atomic E-state index is 0.0843. The molecule has 1 aromatic rings. The number of anilines is 1. The maximum atomic E-state index is 11.8. The molecule has 2 rings (SSSR count). The topological polar surface area (TPSA) is 44.1 Å². The normalized spacial score (nSPS) is 19.5. The van der Waals surface area contributed by atoms with Crippen LogP contribution in [0.2, 0.25) is 5.02 Å². The summed E-state index contributed by atoms with van der Waals surface area (Å²) in [6.45, 7) is 0.676. The number of alkyl halides is 1. The minimum atomic E-state index is 0.0843. The summed E-state index contributed by atoms with van der Waals surface area (Å²) in [5.41, 5.74) is 1.20. The third kappa shape index (κ3) is 2.46. The molecule has 0 bridgehead atoms. The lowest BCUT2D eigenvalue weighted by atomic mass is 10.2. The number of carbonyl (C=O) groups excluding carboxylic acids is 1. The Hall–Kier alpha value is -1.05. The number of benzene rings is 1. The second-order valence-electron chi connectivity index (χ2n) is 4.01. The molecule has 0 aromatic heterocycles. The van der Waals surface area contributed by atoms with Crippen molar-refractivity contribution < 1.29 is 4.79 Å². The molecule has 1 fully saturated rings. The van der Waals surface area contributed by atoms with E-state index < -0.39 is 0 Å². The first kappa shape index (κ1) is 12.4. The van der Waals surface area contributed by atoms with Gasteiger partial charge in [0.05, 0.1) is 22.3 Å². The van der Waals surface area contributed by atoms with E-state index in [-0.39, 0.29) is 5.91 Å². The molecule has 17 heavy (non-hydrogen) atoms. The van der Waals surface area contributed by atoms with Gasteiger partial charge in [0.25, 0.3) is 0 Å². The van der Waals surface area contributed by atoms with Crippen molar-refractivity contribution in [3.63, 3.8) is 0 Å². The van der Waals surface area contributed by atoms with Crippen LogP contribution in [0, 0.1) is 17.2 Å². The van der Waals surface area contributed by atoms with E-state index in [9.17, 15) is 4.79 Å². The van der Waals surface area contributed by atoms with Gasteiger partial charge in [-0.3, -0.25) is 4.79 Å². The minimum Gasteiger partial charge on any atom is -0.311 e. The van der Waals surface area contributed by atoms with Gasteiger partial charge in [0, 0.05) is 18.3 Å². The summed E-state index contributed by atoms with van der Waals surface area (Å²) < 4.78 is 0. The van der Waals surface area contributed by atoms with Gasteiger partial charge >= 0.3 is 0 Å². The zero-order valence-corrected chi connectivity index (χ0v) is 11.3. The van der Waals surface area contributed by atoms with E-state index in [1.54, 1.807) is 23.1 Å². The molecule has 0 aliphatic carbocycles. The molecule has 1 atom stereocenters. The number of amides is 1. The van der Waals surface area contributed by atoms with Gasteiger partial charge in [0.15, 0.2) is 0 Å². The lowest BCUT2D eigenvalue weighted by Gasteiger charge is -2.17. The Labute approximate surface area is 113 Å². The summed E-state index contributed by atoms with van der Waals surface area (Å²) in [7, 11) is 0. The van der Waals surface area contributed by atoms with Crippen molar-refractivity contribution in [2.24, 2.45) is 5.92 Å². The highest BCUT2D eigenvalue weighted by molar-refractivity contribution is 9.09. The smallest absolute Gasteiger partial charge is 0.227 e. The predicted octanol–water partition coefficient (Wildman–Crippen LogP) is 2.96. The molecule has 5 heteroatoms. The third-order valence-electron chi connectivity index (χ3n) is 2.79. The lowest BCUT2D eigenvalue weighted by molar-refractivity contribution is -0.117. The number of nitriles is 1. The van der Waals surface area contributed by atoms with Crippen LogP contribution in [-0.4, -0.2) is 17.8 Å². The molecule has 1 unspecified atom stereocenters. The van der Waals surface area contributed by atoms with Gasteiger partial charge in [-0.05, 0) is 24.1 Å². The monoisotopic (exact) mass is 312 g/mol. The van der Waals surface area contributed by atoms with Crippen molar-refractivity contribution in [3.05, 3.63) is 28.8 Å². The highest BCUT2D eigenvalue weighted by atomic mass is 79.9. The Kier molecular flexibility index (Phi) is 3.70. The van der Waals surface area contributed by atoms with Crippen LogP contribution < -0.4 is 4.90 Å². The number of nitrogens with zero attached hydrogens (tertiary/aromatic N) is 2. The maximum Gasteiger partial charge on any atom is 0.227 e. The average Bonchev–Trinajstić information content (AvgIpc) is 2.70. The fraction of sp³-hybridized carbons (Fsp3) is 0.333. The number of rotatable bonds is 2. The molecule has 1 amide bonds. The van der Waals surface area contributed by atoms with Crippen LogP contribution >= 0.6 is 27.5 Å². The third-order valence-corrected chi connectivity index (χ3v) is 4.01. The standard InChI is InChI=1S/C12H10BrClN2O/c13-5-9-4-12(17)16(7-9)11-2-1-8(6-15)3-10(11)14/h1-3,9H,4-5,7H2. The largest absolute Gasteiger partial charge is 0.311 e. The molecule has 88 valence electrons. The molecule has 3 nitrogen and oxygen atoms in total. The van der Waals surface area contributed by atoms with Crippen LogP contribution in [0.15, 0.2) is 18.2 Å². The zero-order chi connectivity index (χ0) is 12.4. The first-order valence-electron chi connectivity index (χ1n) is 5.21. The van der Waals surface area contributed by atoms with Gasteiger partial charge in [-0.2, -0.15) is 5.26 Å². The molecule has 0 N–H and O–H groups in total. The maximum absolute atomic E-state index is 11.8. The molecule has 0 radical (unpaired) electrons. The van der Waals surface area contributed by atoms with Crippen LogP contribution in [0.5, 0.6) is 0 Å². The summed E-state index contributed by atoms with van der Waals surface area (Å²) in [4.78, 5) is 13.5. The quantitative estimate of drug-likeness (QED) is 0.788. The van der Waals surface area contributed by atoms with Crippen molar-refractivity contribution in [1.29, 1.82) is 5.26 Å². The Morgan fingerprint density at radius 1 is 1.59 bits per heavy atom. The van der Waals surface area contributed by atoms with Crippen LogP contribution in [0.25, 0.3) is 0 Å². The van der Waals surface area contributed by atoms with Crippen molar-refractivity contribution in [2.45, 2.75) is 6.42 Å². The summed E-state index contributed by atoms with van der Waals surface area (Å²) in [5.74, 6) is 0.412. The Bertz CT molecular complexity index is 498. The van der Waals surface area contributed by atoms with Gasteiger partial charge in [-0.15, -0.1) is 0 Å². The number of hydrogen-bond acceptors (Lipinski definition) is 2. The Balaban J connectivity index is 2.29. The van der Waals surface area contributed by atoms with E-state index in [1.165, 1.54) is 0 Å². The fourth-order valence-corrected chi connectivity index (χ4v) is 2.63. The van der Waals surface area contributed by atoms with E-state index in [0.717, 1.165) is 5.33 Å². The van der Waals surface area contributed by atoms with E-state index in [2.05, 4.69) is 15.9 Å². The number of halogens is 2. The second kappa shape index (κ2) is 5.07. The molecule has 1 aliphatic rings. The highest BCUT2D eigenvalue weighted by Gasteiger charge is 2.30.